The maximum atomic E-state index is 4.55. The maximum absolute atomic E-state index is 4.55. The summed E-state index contributed by atoms with van der Waals surface area (Å²) < 4.78 is 4.42. The van der Waals surface area contributed by atoms with Crippen molar-refractivity contribution in [2.24, 2.45) is 5.92 Å². The fourth-order valence-corrected chi connectivity index (χ4v) is 3.40. The molecule has 0 amide bonds. The van der Waals surface area contributed by atoms with Gasteiger partial charge in [-0.15, -0.1) is 0 Å². The summed E-state index contributed by atoms with van der Waals surface area (Å²) in [6.07, 6.45) is 6.58. The largest absolute Gasteiger partial charge is 0.335 e. The van der Waals surface area contributed by atoms with Gasteiger partial charge in [-0.1, -0.05) is 0 Å². The Morgan fingerprint density at radius 3 is 2.50 bits per heavy atom. The molecule has 3 heterocycles. The van der Waals surface area contributed by atoms with Crippen LogP contribution in [0.3, 0.4) is 0 Å². The Kier molecular flexibility index (Phi) is 4.62. The van der Waals surface area contributed by atoms with Crippen LogP contribution < -0.4 is 0 Å². The van der Waals surface area contributed by atoms with Crippen molar-refractivity contribution in [3.05, 3.63) is 35.7 Å². The molecular formula is C17H27N5. The van der Waals surface area contributed by atoms with Crippen LogP contribution in [0.4, 0.5) is 0 Å². The first kappa shape index (κ1) is 15.3. The van der Waals surface area contributed by atoms with Crippen LogP contribution in [0, 0.1) is 26.7 Å². The summed E-state index contributed by atoms with van der Waals surface area (Å²) in [5.41, 5.74) is 2.38. The van der Waals surface area contributed by atoms with Crippen LogP contribution in [0.1, 0.15) is 30.1 Å². The molecule has 0 N–H and O–H groups in total. The summed E-state index contributed by atoms with van der Waals surface area (Å²) in [5.74, 6) is 1.92. The minimum atomic E-state index is 0.790. The van der Waals surface area contributed by atoms with Crippen molar-refractivity contribution in [1.82, 2.24) is 24.2 Å². The Labute approximate surface area is 133 Å². The van der Waals surface area contributed by atoms with Gasteiger partial charge in [0.25, 0.3) is 0 Å². The lowest BCUT2D eigenvalue weighted by Crippen LogP contribution is -2.37. The molecule has 22 heavy (non-hydrogen) atoms. The molecule has 5 heteroatoms. The van der Waals surface area contributed by atoms with Gasteiger partial charge in [0.05, 0.1) is 12.2 Å². The summed E-state index contributed by atoms with van der Waals surface area (Å²) in [7, 11) is 0. The molecule has 2 aromatic heterocycles. The summed E-state index contributed by atoms with van der Waals surface area (Å²) in [5, 5.41) is 4.55. The van der Waals surface area contributed by atoms with Gasteiger partial charge in [-0.25, -0.2) is 4.98 Å². The molecule has 3 rings (SSSR count). The Morgan fingerprint density at radius 2 is 1.91 bits per heavy atom. The van der Waals surface area contributed by atoms with Crippen molar-refractivity contribution >= 4 is 0 Å². The molecule has 0 unspecified atom stereocenters. The predicted molar refractivity (Wildman–Crippen MR) is 87.8 cm³/mol. The molecule has 5 nitrogen and oxygen atoms in total. The Morgan fingerprint density at radius 1 is 1.14 bits per heavy atom. The van der Waals surface area contributed by atoms with Crippen molar-refractivity contribution in [1.29, 1.82) is 0 Å². The van der Waals surface area contributed by atoms with Crippen LogP contribution in [0.25, 0.3) is 0 Å². The Balaban J connectivity index is 1.44. The third-order valence-electron chi connectivity index (χ3n) is 4.82. The van der Waals surface area contributed by atoms with E-state index in [2.05, 4.69) is 57.3 Å². The number of likely N-dealkylation sites (tertiary alicyclic amines) is 1. The highest BCUT2D eigenvalue weighted by atomic mass is 15.3. The molecule has 1 aliphatic heterocycles. The van der Waals surface area contributed by atoms with Gasteiger partial charge in [0.2, 0.25) is 0 Å². The average Bonchev–Trinajstić information content (AvgIpc) is 3.04. The van der Waals surface area contributed by atoms with Crippen molar-refractivity contribution in [2.75, 3.05) is 19.6 Å². The zero-order valence-electron chi connectivity index (χ0n) is 14.0. The first-order valence-electron chi connectivity index (χ1n) is 8.33. The number of hydrogen-bond acceptors (Lipinski definition) is 3. The lowest BCUT2D eigenvalue weighted by atomic mass is 9.96. The summed E-state index contributed by atoms with van der Waals surface area (Å²) in [6.45, 7) is 11.9. The first-order valence-corrected chi connectivity index (χ1v) is 8.33. The van der Waals surface area contributed by atoms with Crippen LogP contribution in [0.15, 0.2) is 18.5 Å². The van der Waals surface area contributed by atoms with Crippen LogP contribution in [0.5, 0.6) is 0 Å². The normalized spacial score (nSPS) is 17.2. The number of rotatable bonds is 5. The molecule has 0 saturated carbocycles. The van der Waals surface area contributed by atoms with Crippen LogP contribution in [-0.4, -0.2) is 43.9 Å². The van der Waals surface area contributed by atoms with E-state index in [0.29, 0.717) is 0 Å². The highest BCUT2D eigenvalue weighted by Gasteiger charge is 2.19. The molecule has 0 bridgehead atoms. The number of hydrogen-bond donors (Lipinski definition) is 0. The predicted octanol–water partition coefficient (Wildman–Crippen LogP) is 2.42. The lowest BCUT2D eigenvalue weighted by Gasteiger charge is -2.32. The second-order valence-corrected chi connectivity index (χ2v) is 6.56. The van der Waals surface area contributed by atoms with Crippen LogP contribution in [-0.2, 0) is 13.1 Å². The van der Waals surface area contributed by atoms with E-state index < -0.39 is 0 Å². The third-order valence-corrected chi connectivity index (χ3v) is 4.82. The summed E-state index contributed by atoms with van der Waals surface area (Å²) in [6, 6.07) is 2.15. The van der Waals surface area contributed by atoms with Gasteiger partial charge in [0, 0.05) is 31.2 Å². The molecule has 0 aromatic carbocycles. The highest BCUT2D eigenvalue weighted by molar-refractivity contribution is 5.06. The van der Waals surface area contributed by atoms with Gasteiger partial charge in [-0.3, -0.25) is 4.68 Å². The zero-order valence-corrected chi connectivity index (χ0v) is 14.0. The molecule has 1 aliphatic rings. The van der Waals surface area contributed by atoms with Crippen molar-refractivity contribution in [3.8, 4) is 0 Å². The van der Waals surface area contributed by atoms with E-state index in [0.717, 1.165) is 37.1 Å². The van der Waals surface area contributed by atoms with Crippen molar-refractivity contribution < 1.29 is 0 Å². The van der Waals surface area contributed by atoms with Gasteiger partial charge in [-0.05, 0) is 58.7 Å². The fourth-order valence-electron chi connectivity index (χ4n) is 3.40. The SMILES string of the molecule is Cc1cc(C)n(CCN2CCC(Cn3ccnc3C)CC2)n1. The topological polar surface area (TPSA) is 38.9 Å². The smallest absolute Gasteiger partial charge is 0.105 e. The lowest BCUT2D eigenvalue weighted by molar-refractivity contribution is 0.166. The highest BCUT2D eigenvalue weighted by Crippen LogP contribution is 2.19. The van der Waals surface area contributed by atoms with Gasteiger partial charge in [0.15, 0.2) is 0 Å². The minimum Gasteiger partial charge on any atom is -0.335 e. The van der Waals surface area contributed by atoms with Gasteiger partial charge < -0.3 is 9.47 Å². The molecule has 0 spiro atoms. The zero-order chi connectivity index (χ0) is 15.5. The monoisotopic (exact) mass is 301 g/mol. The Bertz CT molecular complexity index is 604. The molecule has 1 saturated heterocycles. The maximum Gasteiger partial charge on any atom is 0.105 e. The van der Waals surface area contributed by atoms with Gasteiger partial charge in [0.1, 0.15) is 5.82 Å². The molecule has 120 valence electrons. The van der Waals surface area contributed by atoms with Gasteiger partial charge in [-0.2, -0.15) is 5.10 Å². The molecule has 0 radical (unpaired) electrons. The Hall–Kier alpha value is -1.62. The number of aryl methyl sites for hydroxylation is 3. The van der Waals surface area contributed by atoms with E-state index in [9.17, 15) is 0 Å². The number of nitrogens with zero attached hydrogens (tertiary/aromatic N) is 5. The molecular weight excluding hydrogens is 274 g/mol. The fraction of sp³-hybridized carbons (Fsp3) is 0.647. The van der Waals surface area contributed by atoms with Gasteiger partial charge >= 0.3 is 0 Å². The number of aromatic nitrogens is 4. The van der Waals surface area contributed by atoms with E-state index in [1.165, 1.54) is 31.6 Å². The van der Waals surface area contributed by atoms with Crippen molar-refractivity contribution in [3.63, 3.8) is 0 Å². The molecule has 0 atom stereocenters. The van der Waals surface area contributed by atoms with E-state index in [-0.39, 0.29) is 0 Å². The minimum absolute atomic E-state index is 0.790. The van der Waals surface area contributed by atoms with Crippen LogP contribution >= 0.6 is 0 Å². The van der Waals surface area contributed by atoms with E-state index >= 15 is 0 Å². The van der Waals surface area contributed by atoms with E-state index in [1.54, 1.807) is 0 Å². The average molecular weight is 301 g/mol. The second kappa shape index (κ2) is 6.65. The summed E-state index contributed by atoms with van der Waals surface area (Å²) >= 11 is 0. The molecule has 2 aromatic rings. The van der Waals surface area contributed by atoms with Crippen LogP contribution in [0.2, 0.25) is 0 Å². The molecule has 0 aliphatic carbocycles. The quantitative estimate of drug-likeness (QED) is 0.851. The standard InChI is InChI=1S/C17H27N5/c1-14-12-15(2)22(19-14)11-10-20-7-4-17(5-8-20)13-21-9-6-18-16(21)3/h6,9,12,17H,4-5,7-8,10-11,13H2,1-3H3. The first-order chi connectivity index (χ1) is 10.6. The summed E-state index contributed by atoms with van der Waals surface area (Å²) in [4.78, 5) is 6.89. The van der Waals surface area contributed by atoms with E-state index in [4.69, 9.17) is 0 Å². The number of imidazole rings is 1. The number of piperidine rings is 1. The van der Waals surface area contributed by atoms with E-state index in [1.807, 2.05) is 6.20 Å². The molecule has 1 fully saturated rings. The third kappa shape index (κ3) is 3.58. The second-order valence-electron chi connectivity index (χ2n) is 6.56. The van der Waals surface area contributed by atoms with Crippen molar-refractivity contribution in [2.45, 2.75) is 46.7 Å².